The van der Waals surface area contributed by atoms with E-state index in [9.17, 15) is 13.2 Å². The van der Waals surface area contributed by atoms with E-state index in [1.165, 1.54) is 0 Å². The van der Waals surface area contributed by atoms with Crippen molar-refractivity contribution >= 4 is 15.9 Å². The molecule has 25 heavy (non-hydrogen) atoms. The Morgan fingerprint density at radius 2 is 1.84 bits per heavy atom. The van der Waals surface area contributed by atoms with Gasteiger partial charge in [-0.15, -0.1) is 0 Å². The van der Waals surface area contributed by atoms with Crippen molar-refractivity contribution < 1.29 is 17.9 Å². The van der Waals surface area contributed by atoms with Crippen molar-refractivity contribution in [1.29, 1.82) is 0 Å². The number of hydrogen-bond donors (Lipinski definition) is 1. The van der Waals surface area contributed by atoms with E-state index in [1.54, 1.807) is 28.6 Å². The van der Waals surface area contributed by atoms with Gasteiger partial charge in [0.2, 0.25) is 15.9 Å². The fourth-order valence-electron chi connectivity index (χ4n) is 3.31. The molecule has 1 N–H and O–H groups in total. The number of hydrogen-bond acceptors (Lipinski definition) is 4. The summed E-state index contributed by atoms with van der Waals surface area (Å²) in [5.74, 6) is -0.0675. The lowest BCUT2D eigenvalue weighted by atomic mass is 10.1. The molecule has 2 fully saturated rings. The molecule has 0 bridgehead atoms. The van der Waals surface area contributed by atoms with E-state index in [4.69, 9.17) is 4.74 Å². The van der Waals surface area contributed by atoms with Crippen molar-refractivity contribution in [1.82, 2.24) is 9.62 Å². The minimum Gasteiger partial charge on any atom is -0.376 e. The highest BCUT2D eigenvalue weighted by molar-refractivity contribution is 7.89. The van der Waals surface area contributed by atoms with Gasteiger partial charge in [0.1, 0.15) is 0 Å². The van der Waals surface area contributed by atoms with Gasteiger partial charge in [-0.2, -0.15) is 4.31 Å². The van der Waals surface area contributed by atoms with Crippen molar-refractivity contribution in [2.75, 3.05) is 26.2 Å². The molecule has 1 atom stereocenters. The van der Waals surface area contributed by atoms with Crippen molar-refractivity contribution in [3.8, 4) is 0 Å². The van der Waals surface area contributed by atoms with E-state index in [0.29, 0.717) is 24.5 Å². The summed E-state index contributed by atoms with van der Waals surface area (Å²) in [6, 6.07) is 6.66. The smallest absolute Gasteiger partial charge is 0.243 e. The first-order valence-electron chi connectivity index (χ1n) is 9.03. The summed E-state index contributed by atoms with van der Waals surface area (Å²) in [7, 11) is -3.41. The van der Waals surface area contributed by atoms with Gasteiger partial charge in [0.15, 0.2) is 0 Å². The van der Waals surface area contributed by atoms with Crippen LogP contribution >= 0.6 is 0 Å². The molecule has 0 spiro atoms. The Morgan fingerprint density at radius 3 is 2.48 bits per heavy atom. The number of carbonyl (C=O) groups is 1. The predicted molar refractivity (Wildman–Crippen MR) is 94.7 cm³/mol. The summed E-state index contributed by atoms with van der Waals surface area (Å²) in [6.45, 7) is 2.50. The van der Waals surface area contributed by atoms with Gasteiger partial charge in [-0.05, 0) is 43.4 Å². The number of amides is 1. The molecule has 2 saturated heterocycles. The molecule has 2 aliphatic rings. The van der Waals surface area contributed by atoms with Gasteiger partial charge in [0.25, 0.3) is 0 Å². The van der Waals surface area contributed by atoms with E-state index in [1.807, 2.05) is 0 Å². The number of sulfonamides is 1. The number of nitrogens with one attached hydrogen (secondary N) is 1. The topological polar surface area (TPSA) is 75.7 Å². The minimum atomic E-state index is -3.41. The average Bonchev–Trinajstić information content (AvgIpc) is 3.15. The molecule has 1 aromatic rings. The summed E-state index contributed by atoms with van der Waals surface area (Å²) in [5.41, 5.74) is 0.808. The van der Waals surface area contributed by atoms with Crippen LogP contribution in [0.15, 0.2) is 29.2 Å². The van der Waals surface area contributed by atoms with Crippen LogP contribution in [0.4, 0.5) is 0 Å². The van der Waals surface area contributed by atoms with Crippen LogP contribution < -0.4 is 5.32 Å². The van der Waals surface area contributed by atoms with Crippen LogP contribution in [0.2, 0.25) is 0 Å². The van der Waals surface area contributed by atoms with Gasteiger partial charge in [0.05, 0.1) is 17.4 Å². The molecule has 0 radical (unpaired) electrons. The molecule has 2 heterocycles. The molecule has 0 saturated carbocycles. The van der Waals surface area contributed by atoms with Crippen LogP contribution in [-0.4, -0.2) is 51.0 Å². The fraction of sp³-hybridized carbons (Fsp3) is 0.611. The predicted octanol–water partition coefficient (Wildman–Crippen LogP) is 1.70. The second kappa shape index (κ2) is 8.29. The van der Waals surface area contributed by atoms with Gasteiger partial charge in [0, 0.05) is 26.2 Å². The zero-order chi connectivity index (χ0) is 17.7. The number of benzene rings is 1. The highest BCUT2D eigenvalue weighted by Gasteiger charge is 2.25. The highest BCUT2D eigenvalue weighted by atomic mass is 32.2. The molecule has 0 aliphatic carbocycles. The number of piperidine rings is 1. The first kappa shape index (κ1) is 18.4. The molecular weight excluding hydrogens is 340 g/mol. The Labute approximate surface area is 149 Å². The highest BCUT2D eigenvalue weighted by Crippen LogP contribution is 2.21. The normalized spacial score (nSPS) is 22.0. The van der Waals surface area contributed by atoms with Crippen molar-refractivity contribution in [2.45, 2.75) is 49.5 Å². The first-order valence-corrected chi connectivity index (χ1v) is 10.5. The third kappa shape index (κ3) is 4.80. The van der Waals surface area contributed by atoms with Crippen LogP contribution in [0, 0.1) is 0 Å². The van der Waals surface area contributed by atoms with Crippen LogP contribution in [0.1, 0.15) is 37.7 Å². The summed E-state index contributed by atoms with van der Waals surface area (Å²) in [5, 5.41) is 2.88. The monoisotopic (exact) mass is 366 g/mol. The second-order valence-electron chi connectivity index (χ2n) is 6.72. The third-order valence-electron chi connectivity index (χ3n) is 4.79. The van der Waals surface area contributed by atoms with E-state index in [0.717, 1.165) is 44.3 Å². The molecular formula is C18H26N2O4S. The maximum absolute atomic E-state index is 12.6. The molecule has 1 amide bonds. The zero-order valence-electron chi connectivity index (χ0n) is 14.4. The zero-order valence-corrected chi connectivity index (χ0v) is 15.3. The SMILES string of the molecule is O=C(Cc1ccc(S(=O)(=O)N2CCCCC2)cc1)NCC1CCCO1. The molecule has 138 valence electrons. The summed E-state index contributed by atoms with van der Waals surface area (Å²) in [6.07, 6.45) is 5.34. The van der Waals surface area contributed by atoms with Crippen molar-refractivity contribution in [2.24, 2.45) is 0 Å². The lowest BCUT2D eigenvalue weighted by molar-refractivity contribution is -0.120. The number of nitrogens with zero attached hydrogens (tertiary/aromatic N) is 1. The Bertz CT molecular complexity index is 676. The Balaban J connectivity index is 1.55. The Kier molecular flexibility index (Phi) is 6.09. The number of carbonyl (C=O) groups excluding carboxylic acids is 1. The lowest BCUT2D eigenvalue weighted by Gasteiger charge is -2.25. The largest absolute Gasteiger partial charge is 0.376 e. The molecule has 1 unspecified atom stereocenters. The molecule has 7 heteroatoms. The van der Waals surface area contributed by atoms with E-state index >= 15 is 0 Å². The lowest BCUT2D eigenvalue weighted by Crippen LogP contribution is -2.35. The minimum absolute atomic E-state index is 0.0675. The van der Waals surface area contributed by atoms with Gasteiger partial charge in [-0.3, -0.25) is 4.79 Å². The molecule has 6 nitrogen and oxygen atoms in total. The number of ether oxygens (including phenoxy) is 1. The average molecular weight is 366 g/mol. The molecule has 2 aliphatic heterocycles. The summed E-state index contributed by atoms with van der Waals surface area (Å²) < 4.78 is 32.2. The quantitative estimate of drug-likeness (QED) is 0.831. The van der Waals surface area contributed by atoms with E-state index < -0.39 is 10.0 Å². The Hall–Kier alpha value is -1.44. The second-order valence-corrected chi connectivity index (χ2v) is 8.66. The van der Waals surface area contributed by atoms with Crippen LogP contribution in [0.25, 0.3) is 0 Å². The van der Waals surface area contributed by atoms with Crippen LogP contribution in [-0.2, 0) is 26.0 Å². The van der Waals surface area contributed by atoms with Gasteiger partial charge in [-0.25, -0.2) is 8.42 Å². The van der Waals surface area contributed by atoms with Crippen LogP contribution in [0.3, 0.4) is 0 Å². The molecule has 1 aromatic carbocycles. The fourth-order valence-corrected chi connectivity index (χ4v) is 4.83. The van der Waals surface area contributed by atoms with E-state index in [-0.39, 0.29) is 18.4 Å². The summed E-state index contributed by atoms with van der Waals surface area (Å²) >= 11 is 0. The van der Waals surface area contributed by atoms with Gasteiger partial charge < -0.3 is 10.1 Å². The summed E-state index contributed by atoms with van der Waals surface area (Å²) in [4.78, 5) is 12.3. The molecule has 3 rings (SSSR count). The standard InChI is InChI=1S/C18H26N2O4S/c21-18(19-14-16-5-4-12-24-16)13-15-6-8-17(9-7-15)25(22,23)20-10-2-1-3-11-20/h6-9,16H,1-5,10-14H2,(H,19,21). The maximum Gasteiger partial charge on any atom is 0.243 e. The van der Waals surface area contributed by atoms with Crippen molar-refractivity contribution in [3.63, 3.8) is 0 Å². The van der Waals surface area contributed by atoms with Gasteiger partial charge in [-0.1, -0.05) is 18.6 Å². The maximum atomic E-state index is 12.6. The molecule has 0 aromatic heterocycles. The first-order chi connectivity index (χ1) is 12.1. The van der Waals surface area contributed by atoms with Gasteiger partial charge >= 0.3 is 0 Å². The van der Waals surface area contributed by atoms with E-state index in [2.05, 4.69) is 5.32 Å². The third-order valence-corrected chi connectivity index (χ3v) is 6.70. The Morgan fingerprint density at radius 1 is 1.12 bits per heavy atom. The van der Waals surface area contributed by atoms with Crippen LogP contribution in [0.5, 0.6) is 0 Å². The van der Waals surface area contributed by atoms with Crippen molar-refractivity contribution in [3.05, 3.63) is 29.8 Å². The number of rotatable bonds is 6.